The van der Waals surface area contributed by atoms with Crippen LogP contribution in [0.4, 0.5) is 13.2 Å². The van der Waals surface area contributed by atoms with Crippen LogP contribution in [-0.2, 0) is 6.18 Å². The number of piperidine rings is 1. The van der Waals surface area contributed by atoms with E-state index in [1.807, 2.05) is 0 Å². The van der Waals surface area contributed by atoms with Crippen molar-refractivity contribution in [3.05, 3.63) is 33.8 Å². The van der Waals surface area contributed by atoms with Gasteiger partial charge < -0.3 is 0 Å². The molecule has 1 aliphatic heterocycles. The molecule has 0 radical (unpaired) electrons. The smallest absolute Gasteiger partial charge is 0.285 e. The van der Waals surface area contributed by atoms with Gasteiger partial charge >= 0.3 is 6.18 Å². The van der Waals surface area contributed by atoms with Crippen LogP contribution in [0.5, 0.6) is 0 Å². The van der Waals surface area contributed by atoms with E-state index in [-0.39, 0.29) is 5.56 Å². The lowest BCUT2D eigenvalue weighted by Gasteiger charge is -2.27. The van der Waals surface area contributed by atoms with E-state index in [4.69, 9.17) is 0 Å². The zero-order valence-corrected chi connectivity index (χ0v) is 12.2. The molecule has 0 bridgehead atoms. The minimum absolute atomic E-state index is 0.00889. The molecule has 0 atom stereocenters. The highest BCUT2D eigenvalue weighted by Gasteiger charge is 2.31. The minimum atomic E-state index is -4.46. The number of amides is 1. The van der Waals surface area contributed by atoms with Crippen LogP contribution in [0.25, 0.3) is 0 Å². The number of carbonyl (C=O) groups is 1. The van der Waals surface area contributed by atoms with Crippen LogP contribution in [0.1, 0.15) is 35.2 Å². The largest absolute Gasteiger partial charge is 0.416 e. The molecular weight excluding hydrogens is 337 g/mol. The number of nitrogens with one attached hydrogen (secondary N) is 1. The van der Waals surface area contributed by atoms with Gasteiger partial charge in [-0.25, -0.2) is 5.01 Å². The van der Waals surface area contributed by atoms with Crippen LogP contribution in [0.3, 0.4) is 0 Å². The van der Waals surface area contributed by atoms with Gasteiger partial charge in [-0.2, -0.15) is 13.2 Å². The molecule has 0 saturated carbocycles. The second-order valence-corrected chi connectivity index (χ2v) is 5.54. The molecule has 0 spiro atoms. The van der Waals surface area contributed by atoms with Crippen molar-refractivity contribution >= 4 is 21.8 Å². The lowest BCUT2D eigenvalue weighted by molar-refractivity contribution is -0.137. The van der Waals surface area contributed by atoms with Gasteiger partial charge in [0, 0.05) is 17.6 Å². The number of hydrazine groups is 1. The average Bonchev–Trinajstić information content (AvgIpc) is 2.39. The minimum Gasteiger partial charge on any atom is -0.285 e. The van der Waals surface area contributed by atoms with Crippen molar-refractivity contribution in [3.63, 3.8) is 0 Å². The van der Waals surface area contributed by atoms with E-state index in [1.165, 1.54) is 6.07 Å². The Morgan fingerprint density at radius 2 is 1.85 bits per heavy atom. The van der Waals surface area contributed by atoms with Crippen molar-refractivity contribution in [2.75, 3.05) is 13.1 Å². The third kappa shape index (κ3) is 3.73. The van der Waals surface area contributed by atoms with Gasteiger partial charge in [0.05, 0.1) is 11.1 Å². The van der Waals surface area contributed by atoms with Crippen LogP contribution < -0.4 is 5.43 Å². The fourth-order valence-corrected chi connectivity index (χ4v) is 2.51. The van der Waals surface area contributed by atoms with Crippen LogP contribution >= 0.6 is 15.9 Å². The molecule has 20 heavy (non-hydrogen) atoms. The zero-order chi connectivity index (χ0) is 14.8. The SMILES string of the molecule is O=C(NN1CCCCC1)c1cc(C(F)(F)F)ccc1Br. The predicted molar refractivity (Wildman–Crippen MR) is 72.0 cm³/mol. The Morgan fingerprint density at radius 3 is 2.45 bits per heavy atom. The monoisotopic (exact) mass is 350 g/mol. The predicted octanol–water partition coefficient (Wildman–Crippen LogP) is 3.60. The van der Waals surface area contributed by atoms with E-state index in [1.54, 1.807) is 5.01 Å². The van der Waals surface area contributed by atoms with Crippen molar-refractivity contribution in [2.45, 2.75) is 25.4 Å². The van der Waals surface area contributed by atoms with E-state index < -0.39 is 17.6 Å². The van der Waals surface area contributed by atoms with Crippen LogP contribution in [0, 0.1) is 0 Å². The lowest BCUT2D eigenvalue weighted by atomic mass is 10.1. The van der Waals surface area contributed by atoms with Crippen molar-refractivity contribution < 1.29 is 18.0 Å². The summed E-state index contributed by atoms with van der Waals surface area (Å²) >= 11 is 3.12. The van der Waals surface area contributed by atoms with Gasteiger partial charge in [0.25, 0.3) is 5.91 Å². The molecule has 1 amide bonds. The van der Waals surface area contributed by atoms with E-state index in [0.29, 0.717) is 4.47 Å². The summed E-state index contributed by atoms with van der Waals surface area (Å²) in [7, 11) is 0. The molecule has 1 saturated heterocycles. The Bertz CT molecular complexity index is 499. The standard InChI is InChI=1S/C13H14BrF3N2O/c14-11-5-4-9(13(15,16)17)8-10(11)12(20)18-19-6-2-1-3-7-19/h4-5,8H,1-3,6-7H2,(H,18,20). The highest BCUT2D eigenvalue weighted by Crippen LogP contribution is 2.31. The van der Waals surface area contributed by atoms with Gasteiger partial charge in [0.2, 0.25) is 0 Å². The van der Waals surface area contributed by atoms with Gasteiger partial charge in [-0.1, -0.05) is 6.42 Å². The first-order valence-electron chi connectivity index (χ1n) is 6.30. The first-order valence-corrected chi connectivity index (χ1v) is 7.10. The van der Waals surface area contributed by atoms with Gasteiger partial charge in [-0.15, -0.1) is 0 Å². The summed E-state index contributed by atoms with van der Waals surface area (Å²) in [5.41, 5.74) is 1.81. The number of nitrogens with zero attached hydrogens (tertiary/aromatic N) is 1. The fourth-order valence-electron chi connectivity index (χ4n) is 2.09. The maximum atomic E-state index is 12.7. The molecule has 1 aliphatic rings. The van der Waals surface area contributed by atoms with E-state index in [9.17, 15) is 18.0 Å². The maximum Gasteiger partial charge on any atom is 0.416 e. The zero-order valence-electron chi connectivity index (χ0n) is 10.6. The number of rotatable bonds is 2. The lowest BCUT2D eigenvalue weighted by Crippen LogP contribution is -2.45. The maximum absolute atomic E-state index is 12.7. The van der Waals surface area contributed by atoms with Gasteiger partial charge in [0.1, 0.15) is 0 Å². The number of hydrogen-bond acceptors (Lipinski definition) is 2. The molecule has 1 heterocycles. The molecule has 0 aliphatic carbocycles. The van der Waals surface area contributed by atoms with Crippen molar-refractivity contribution in [3.8, 4) is 0 Å². The van der Waals surface area contributed by atoms with E-state index in [0.717, 1.165) is 44.5 Å². The number of carbonyl (C=O) groups excluding carboxylic acids is 1. The molecule has 1 fully saturated rings. The quantitative estimate of drug-likeness (QED) is 0.883. The van der Waals surface area contributed by atoms with E-state index >= 15 is 0 Å². The molecule has 3 nitrogen and oxygen atoms in total. The second-order valence-electron chi connectivity index (χ2n) is 4.68. The first kappa shape index (κ1) is 15.3. The molecular formula is C13H14BrF3N2O. The molecule has 1 aromatic carbocycles. The Labute approximate surface area is 123 Å². The van der Waals surface area contributed by atoms with Crippen LogP contribution in [0.2, 0.25) is 0 Å². The number of alkyl halides is 3. The van der Waals surface area contributed by atoms with Crippen molar-refractivity contribution in [1.82, 2.24) is 10.4 Å². The average molecular weight is 351 g/mol. The summed E-state index contributed by atoms with van der Waals surface area (Å²) in [6.07, 6.45) is -1.39. The number of halogens is 4. The summed E-state index contributed by atoms with van der Waals surface area (Å²) in [6, 6.07) is 3.05. The molecule has 0 unspecified atom stereocenters. The second kappa shape index (κ2) is 6.13. The van der Waals surface area contributed by atoms with Gasteiger partial charge in [-0.05, 0) is 47.0 Å². The molecule has 110 valence electrons. The van der Waals surface area contributed by atoms with Crippen molar-refractivity contribution in [2.24, 2.45) is 0 Å². The van der Waals surface area contributed by atoms with Crippen LogP contribution in [-0.4, -0.2) is 24.0 Å². The van der Waals surface area contributed by atoms with Crippen molar-refractivity contribution in [1.29, 1.82) is 0 Å². The highest BCUT2D eigenvalue weighted by atomic mass is 79.9. The fraction of sp³-hybridized carbons (Fsp3) is 0.462. The molecule has 7 heteroatoms. The summed E-state index contributed by atoms with van der Waals surface area (Å²) in [5, 5.41) is 1.75. The van der Waals surface area contributed by atoms with Gasteiger partial charge in [-0.3, -0.25) is 10.2 Å². The summed E-state index contributed by atoms with van der Waals surface area (Å²) in [5.74, 6) is -0.523. The Hall–Kier alpha value is -1.08. The number of benzene rings is 1. The third-order valence-electron chi connectivity index (χ3n) is 3.15. The summed E-state index contributed by atoms with van der Waals surface area (Å²) in [6.45, 7) is 1.45. The Kier molecular flexibility index (Phi) is 4.70. The van der Waals surface area contributed by atoms with Crippen LogP contribution in [0.15, 0.2) is 22.7 Å². The molecule has 1 aromatic rings. The highest BCUT2D eigenvalue weighted by molar-refractivity contribution is 9.10. The van der Waals surface area contributed by atoms with E-state index in [2.05, 4.69) is 21.4 Å². The molecule has 1 N–H and O–H groups in total. The molecule has 0 aromatic heterocycles. The summed E-state index contributed by atoms with van der Waals surface area (Å²) < 4.78 is 38.3. The van der Waals surface area contributed by atoms with Gasteiger partial charge in [0.15, 0.2) is 0 Å². The Morgan fingerprint density at radius 1 is 1.20 bits per heavy atom. The summed E-state index contributed by atoms with van der Waals surface area (Å²) in [4.78, 5) is 12.1. The third-order valence-corrected chi connectivity index (χ3v) is 3.85. The number of hydrogen-bond donors (Lipinski definition) is 1. The normalized spacial score (nSPS) is 17.0. The molecule has 2 rings (SSSR count). The Balaban J connectivity index is 2.16. The first-order chi connectivity index (χ1) is 9.38. The topological polar surface area (TPSA) is 32.3 Å².